The Balaban J connectivity index is 0. The van der Waals surface area contributed by atoms with Crippen LogP contribution in [-0.2, 0) is 10.1 Å². The molecule has 0 spiro atoms. The fourth-order valence-electron chi connectivity index (χ4n) is 2.79. The highest BCUT2D eigenvalue weighted by atomic mass is 32.2. The van der Waals surface area contributed by atoms with E-state index in [0.29, 0.717) is 0 Å². The van der Waals surface area contributed by atoms with Crippen LogP contribution in [0.5, 0.6) is 0 Å². The van der Waals surface area contributed by atoms with Gasteiger partial charge < -0.3 is 9.04 Å². The molecule has 0 aliphatic carbocycles. The van der Waals surface area contributed by atoms with Crippen LogP contribution in [0.15, 0.2) is 12.7 Å². The molecule has 0 aromatic heterocycles. The van der Waals surface area contributed by atoms with Gasteiger partial charge in [-0.05, 0) is 25.7 Å². The van der Waals surface area contributed by atoms with Crippen LogP contribution in [0.25, 0.3) is 0 Å². The Kier molecular flexibility index (Phi) is 17.3. The summed E-state index contributed by atoms with van der Waals surface area (Å²) in [5.41, 5.74) is 0. The van der Waals surface area contributed by atoms with Gasteiger partial charge in [-0.2, -0.15) is 0 Å². The topological polar surface area (TPSA) is 57.2 Å². The van der Waals surface area contributed by atoms with Crippen LogP contribution < -0.4 is 0 Å². The van der Waals surface area contributed by atoms with Gasteiger partial charge >= 0.3 is 0 Å². The average molecular weight is 364 g/mol. The summed E-state index contributed by atoms with van der Waals surface area (Å²) in [7, 11) is -4.04. The van der Waals surface area contributed by atoms with E-state index >= 15 is 0 Å². The third kappa shape index (κ3) is 16.5. The summed E-state index contributed by atoms with van der Waals surface area (Å²) in [5, 5.41) is 0. The molecular weight excluding hydrogens is 322 g/mol. The summed E-state index contributed by atoms with van der Waals surface area (Å²) in [5.74, 6) is -0.479. The Labute approximate surface area is 151 Å². The summed E-state index contributed by atoms with van der Waals surface area (Å²) in [6.45, 7) is 18.1. The van der Waals surface area contributed by atoms with Crippen molar-refractivity contribution < 1.29 is 17.5 Å². The molecule has 0 atom stereocenters. The molecule has 0 heterocycles. The van der Waals surface area contributed by atoms with E-state index in [0.717, 1.165) is 6.08 Å². The quantitative estimate of drug-likeness (QED) is 0.255. The molecule has 0 amide bonds. The van der Waals surface area contributed by atoms with Crippen LogP contribution in [0.4, 0.5) is 0 Å². The average Bonchev–Trinajstić information content (AvgIpc) is 2.53. The molecule has 0 bridgehead atoms. The van der Waals surface area contributed by atoms with Gasteiger partial charge in [-0.1, -0.05) is 59.5 Å². The molecule has 24 heavy (non-hydrogen) atoms. The molecule has 0 saturated carbocycles. The molecule has 5 heteroatoms. The number of unbranched alkanes of at least 4 members (excludes halogenated alkanes) is 4. The van der Waals surface area contributed by atoms with Gasteiger partial charge in [0.1, 0.15) is 0 Å². The van der Waals surface area contributed by atoms with E-state index in [2.05, 4.69) is 34.3 Å². The molecule has 0 aromatic carbocycles. The van der Waals surface area contributed by atoms with E-state index in [-0.39, 0.29) is 0 Å². The molecule has 0 saturated heterocycles. The van der Waals surface area contributed by atoms with Crippen molar-refractivity contribution in [2.75, 3.05) is 31.9 Å². The van der Waals surface area contributed by atoms with Crippen LogP contribution in [0.3, 0.4) is 0 Å². The lowest BCUT2D eigenvalue weighted by molar-refractivity contribution is -0.929. The number of hydrogen-bond acceptors (Lipinski definition) is 3. The summed E-state index contributed by atoms with van der Waals surface area (Å²) >= 11 is 0. The predicted octanol–water partition coefficient (Wildman–Crippen LogP) is 4.72. The van der Waals surface area contributed by atoms with E-state index in [1.54, 1.807) is 0 Å². The minimum atomic E-state index is -4.04. The van der Waals surface area contributed by atoms with Gasteiger partial charge in [-0.25, -0.2) is 8.42 Å². The van der Waals surface area contributed by atoms with Gasteiger partial charge in [0.05, 0.1) is 42.1 Å². The molecule has 0 aliphatic heterocycles. The predicted molar refractivity (Wildman–Crippen MR) is 104 cm³/mol. The second-order valence-corrected chi connectivity index (χ2v) is 8.11. The van der Waals surface area contributed by atoms with Gasteiger partial charge in [0, 0.05) is 0 Å². The second kappa shape index (κ2) is 16.1. The molecule has 0 aliphatic rings. The fourth-order valence-corrected chi connectivity index (χ4v) is 3.08. The van der Waals surface area contributed by atoms with E-state index < -0.39 is 15.9 Å². The Morgan fingerprint density at radius 1 is 0.792 bits per heavy atom. The first kappa shape index (κ1) is 25.8. The fraction of sp³-hybridized carbons (Fsp3) is 0.895. The van der Waals surface area contributed by atoms with Crippen molar-refractivity contribution >= 4 is 10.1 Å². The number of hydrogen-bond donors (Lipinski definition) is 0. The molecule has 0 unspecified atom stereocenters. The molecule has 0 fully saturated rings. The number of rotatable bonds is 14. The summed E-state index contributed by atoms with van der Waals surface area (Å²) in [6.07, 6.45) is 12.1. The highest BCUT2D eigenvalue weighted by Gasteiger charge is 2.24. The normalized spacial score (nSPS) is 11.7. The monoisotopic (exact) mass is 363 g/mol. The molecule has 0 aromatic rings. The van der Waals surface area contributed by atoms with Gasteiger partial charge in [-0.15, -0.1) is 6.58 Å². The van der Waals surface area contributed by atoms with E-state index in [1.165, 1.54) is 82.0 Å². The van der Waals surface area contributed by atoms with Crippen LogP contribution in [-0.4, -0.2) is 49.4 Å². The summed E-state index contributed by atoms with van der Waals surface area (Å²) < 4.78 is 30.2. The Hall–Kier alpha value is -0.390. The molecular formula is C19H41NO3S. The zero-order valence-electron chi connectivity index (χ0n) is 16.6. The van der Waals surface area contributed by atoms with Crippen LogP contribution in [0, 0.1) is 0 Å². The highest BCUT2D eigenvalue weighted by Crippen LogP contribution is 2.16. The van der Waals surface area contributed by atoms with Crippen molar-refractivity contribution in [3.8, 4) is 0 Å². The van der Waals surface area contributed by atoms with Crippen molar-refractivity contribution in [2.45, 2.75) is 79.1 Å². The maximum absolute atomic E-state index is 9.60. The van der Waals surface area contributed by atoms with Gasteiger partial charge in [0.2, 0.25) is 0 Å². The SMILES string of the molecule is C=CCS(=O)(=O)[O-].CCCC[N+](CCCC)(CCCC)CCCC. The van der Waals surface area contributed by atoms with Crippen LogP contribution >= 0.6 is 0 Å². The van der Waals surface area contributed by atoms with Crippen molar-refractivity contribution in [3.63, 3.8) is 0 Å². The molecule has 4 nitrogen and oxygen atoms in total. The lowest BCUT2D eigenvalue weighted by Gasteiger charge is -2.39. The smallest absolute Gasteiger partial charge is 0.0982 e. The highest BCUT2D eigenvalue weighted by molar-refractivity contribution is 7.85. The molecule has 0 rings (SSSR count). The lowest BCUT2D eigenvalue weighted by atomic mass is 10.1. The van der Waals surface area contributed by atoms with Crippen LogP contribution in [0.1, 0.15) is 79.1 Å². The minimum Gasteiger partial charge on any atom is -0.748 e. The standard InChI is InChI=1S/C16H36N.C3H6O3S/c1-5-9-13-17(14-10-6-2,15-11-7-3)16-12-8-4;1-2-3-7(4,5)6/h5-16H2,1-4H3;2H,1,3H2,(H,4,5,6)/q+1;/p-1. The number of nitrogens with zero attached hydrogens (tertiary/aromatic N) is 1. The molecule has 0 radical (unpaired) electrons. The maximum Gasteiger partial charge on any atom is 0.0982 e. The Morgan fingerprint density at radius 2 is 1.08 bits per heavy atom. The molecule has 146 valence electrons. The van der Waals surface area contributed by atoms with Gasteiger partial charge in [0.25, 0.3) is 0 Å². The minimum absolute atomic E-state index is 0.479. The second-order valence-electron chi connectivity index (χ2n) is 6.66. The van der Waals surface area contributed by atoms with E-state index in [9.17, 15) is 13.0 Å². The zero-order valence-corrected chi connectivity index (χ0v) is 17.4. The van der Waals surface area contributed by atoms with Crippen molar-refractivity contribution in [2.24, 2.45) is 0 Å². The zero-order chi connectivity index (χ0) is 18.9. The van der Waals surface area contributed by atoms with Crippen molar-refractivity contribution in [1.82, 2.24) is 0 Å². The Morgan fingerprint density at radius 3 is 1.21 bits per heavy atom. The third-order valence-electron chi connectivity index (χ3n) is 4.27. The van der Waals surface area contributed by atoms with Gasteiger partial charge in [0.15, 0.2) is 0 Å². The lowest BCUT2D eigenvalue weighted by Crippen LogP contribution is -2.50. The molecule has 0 N–H and O–H groups in total. The first-order chi connectivity index (χ1) is 11.3. The third-order valence-corrected chi connectivity index (χ3v) is 4.91. The maximum atomic E-state index is 9.60. The van der Waals surface area contributed by atoms with Gasteiger partial charge in [-0.3, -0.25) is 0 Å². The van der Waals surface area contributed by atoms with E-state index in [4.69, 9.17) is 0 Å². The first-order valence-corrected chi connectivity index (χ1v) is 11.3. The first-order valence-electron chi connectivity index (χ1n) is 9.70. The van der Waals surface area contributed by atoms with Crippen molar-refractivity contribution in [1.29, 1.82) is 0 Å². The van der Waals surface area contributed by atoms with E-state index in [1.807, 2.05) is 0 Å². The summed E-state index contributed by atoms with van der Waals surface area (Å²) in [6, 6.07) is 0. The van der Waals surface area contributed by atoms with Crippen molar-refractivity contribution in [3.05, 3.63) is 12.7 Å². The number of quaternary nitrogens is 1. The Bertz CT molecular complexity index is 343. The summed E-state index contributed by atoms with van der Waals surface area (Å²) in [4.78, 5) is 0. The van der Waals surface area contributed by atoms with Crippen LogP contribution in [0.2, 0.25) is 0 Å². The largest absolute Gasteiger partial charge is 0.748 e.